The molecule has 0 bridgehead atoms. The molecule has 0 aliphatic heterocycles. The fourth-order valence-corrected chi connectivity index (χ4v) is 1.70. The summed E-state index contributed by atoms with van der Waals surface area (Å²) < 4.78 is 0. The van der Waals surface area contributed by atoms with Gasteiger partial charge in [0.2, 0.25) is 5.91 Å². The van der Waals surface area contributed by atoms with Crippen LogP contribution in [0.5, 0.6) is 0 Å². The number of para-hydroxylation sites is 1. The van der Waals surface area contributed by atoms with Crippen LogP contribution in [0, 0.1) is 10.1 Å². The SMILES string of the molecule is CNc1c(C(=O)NCCCC(N)=O)cccc1[N+](=O)[O-]. The number of anilines is 1. The average Bonchev–Trinajstić information content (AvgIpc) is 2.42. The van der Waals surface area contributed by atoms with Gasteiger partial charge in [0, 0.05) is 26.1 Å². The number of carbonyl (C=O) groups is 2. The van der Waals surface area contributed by atoms with Crippen molar-refractivity contribution < 1.29 is 14.5 Å². The lowest BCUT2D eigenvalue weighted by Crippen LogP contribution is -2.26. The van der Waals surface area contributed by atoms with Crippen LogP contribution in [-0.4, -0.2) is 30.3 Å². The number of hydrogen-bond donors (Lipinski definition) is 3. The van der Waals surface area contributed by atoms with Gasteiger partial charge >= 0.3 is 0 Å². The van der Waals surface area contributed by atoms with E-state index in [1.807, 2.05) is 0 Å². The number of rotatable bonds is 7. The summed E-state index contributed by atoms with van der Waals surface area (Å²) in [4.78, 5) is 32.8. The van der Waals surface area contributed by atoms with Crippen molar-refractivity contribution in [3.05, 3.63) is 33.9 Å². The van der Waals surface area contributed by atoms with Crippen molar-refractivity contribution in [3.8, 4) is 0 Å². The normalized spacial score (nSPS) is 9.85. The summed E-state index contributed by atoms with van der Waals surface area (Å²) >= 11 is 0. The maximum atomic E-state index is 12.0. The Morgan fingerprint density at radius 1 is 1.40 bits per heavy atom. The zero-order valence-electron chi connectivity index (χ0n) is 11.0. The number of nitro groups is 1. The summed E-state index contributed by atoms with van der Waals surface area (Å²) in [6.07, 6.45) is 0.596. The molecule has 0 aliphatic rings. The molecule has 0 atom stereocenters. The quantitative estimate of drug-likeness (QED) is 0.383. The fraction of sp³-hybridized carbons (Fsp3) is 0.333. The first-order valence-electron chi connectivity index (χ1n) is 5.99. The number of nitrogens with one attached hydrogen (secondary N) is 2. The van der Waals surface area contributed by atoms with E-state index in [-0.39, 0.29) is 29.9 Å². The van der Waals surface area contributed by atoms with E-state index in [0.717, 1.165) is 0 Å². The molecule has 8 heteroatoms. The highest BCUT2D eigenvalue weighted by Gasteiger charge is 2.20. The van der Waals surface area contributed by atoms with Gasteiger partial charge in [0.25, 0.3) is 11.6 Å². The first-order chi connectivity index (χ1) is 9.47. The number of carbonyl (C=O) groups excluding carboxylic acids is 2. The van der Waals surface area contributed by atoms with Crippen LogP contribution in [0.4, 0.5) is 11.4 Å². The Bertz CT molecular complexity index is 530. The van der Waals surface area contributed by atoms with Gasteiger partial charge in [-0.15, -0.1) is 0 Å². The van der Waals surface area contributed by atoms with Crippen LogP contribution >= 0.6 is 0 Å². The van der Waals surface area contributed by atoms with Crippen molar-refractivity contribution in [2.75, 3.05) is 18.9 Å². The minimum absolute atomic E-state index is 0.157. The van der Waals surface area contributed by atoms with Gasteiger partial charge in [-0.3, -0.25) is 19.7 Å². The molecule has 0 aromatic heterocycles. The van der Waals surface area contributed by atoms with Crippen molar-refractivity contribution in [1.29, 1.82) is 0 Å². The lowest BCUT2D eigenvalue weighted by molar-refractivity contribution is -0.384. The standard InChI is InChI=1S/C12H16N4O4/c1-14-11-8(4-2-5-9(11)16(19)20)12(18)15-7-3-6-10(13)17/h2,4-5,14H,3,6-7H2,1H3,(H2,13,17)(H,15,18). The maximum Gasteiger partial charge on any atom is 0.293 e. The first kappa shape index (κ1) is 15.4. The molecule has 0 radical (unpaired) electrons. The molecule has 0 heterocycles. The van der Waals surface area contributed by atoms with E-state index < -0.39 is 16.7 Å². The van der Waals surface area contributed by atoms with E-state index >= 15 is 0 Å². The van der Waals surface area contributed by atoms with Crippen LogP contribution in [0.25, 0.3) is 0 Å². The van der Waals surface area contributed by atoms with Crippen LogP contribution in [-0.2, 0) is 4.79 Å². The summed E-state index contributed by atoms with van der Waals surface area (Å²) in [6.45, 7) is 0.271. The van der Waals surface area contributed by atoms with Gasteiger partial charge in [0.1, 0.15) is 5.69 Å². The number of nitrogens with two attached hydrogens (primary N) is 1. The van der Waals surface area contributed by atoms with Gasteiger partial charge in [-0.1, -0.05) is 6.07 Å². The molecule has 4 N–H and O–H groups in total. The summed E-state index contributed by atoms with van der Waals surface area (Å²) in [6, 6.07) is 4.25. The summed E-state index contributed by atoms with van der Waals surface area (Å²) in [5.41, 5.74) is 5.15. The van der Waals surface area contributed by atoms with Gasteiger partial charge in [-0.25, -0.2) is 0 Å². The largest absolute Gasteiger partial charge is 0.382 e. The second-order valence-electron chi connectivity index (χ2n) is 4.03. The van der Waals surface area contributed by atoms with Crippen LogP contribution in [0.2, 0.25) is 0 Å². The van der Waals surface area contributed by atoms with Crippen LogP contribution in [0.15, 0.2) is 18.2 Å². The highest BCUT2D eigenvalue weighted by Crippen LogP contribution is 2.27. The zero-order chi connectivity index (χ0) is 15.1. The highest BCUT2D eigenvalue weighted by atomic mass is 16.6. The van der Waals surface area contributed by atoms with Crippen molar-refractivity contribution in [2.24, 2.45) is 5.73 Å². The molecule has 1 aromatic rings. The predicted octanol–water partition coefficient (Wildman–Crippen LogP) is 0.632. The summed E-state index contributed by atoms with van der Waals surface area (Å²) in [5.74, 6) is -0.881. The summed E-state index contributed by atoms with van der Waals surface area (Å²) in [5, 5.41) is 16.1. The number of hydrogen-bond acceptors (Lipinski definition) is 5. The minimum Gasteiger partial charge on any atom is -0.382 e. The van der Waals surface area contributed by atoms with Crippen LogP contribution in [0.1, 0.15) is 23.2 Å². The minimum atomic E-state index is -0.560. The second kappa shape index (κ2) is 7.07. The third kappa shape index (κ3) is 3.94. The monoisotopic (exact) mass is 280 g/mol. The Morgan fingerprint density at radius 2 is 2.10 bits per heavy atom. The second-order valence-corrected chi connectivity index (χ2v) is 4.03. The molecule has 8 nitrogen and oxygen atoms in total. The lowest BCUT2D eigenvalue weighted by atomic mass is 10.1. The van der Waals surface area contributed by atoms with E-state index in [1.54, 1.807) is 0 Å². The van der Waals surface area contributed by atoms with Gasteiger partial charge in [0.15, 0.2) is 0 Å². The molecule has 0 aliphatic carbocycles. The molecule has 0 saturated carbocycles. The van der Waals surface area contributed by atoms with Crippen LogP contribution in [0.3, 0.4) is 0 Å². The van der Waals surface area contributed by atoms with E-state index in [1.165, 1.54) is 25.2 Å². The number of nitrogens with zero attached hydrogens (tertiary/aromatic N) is 1. The maximum absolute atomic E-state index is 12.0. The number of benzene rings is 1. The molecule has 1 rings (SSSR count). The third-order valence-electron chi connectivity index (χ3n) is 2.62. The van der Waals surface area contributed by atoms with Gasteiger partial charge in [-0.05, 0) is 12.5 Å². The van der Waals surface area contributed by atoms with Gasteiger partial charge in [0.05, 0.1) is 10.5 Å². The molecule has 2 amide bonds. The van der Waals surface area contributed by atoms with Gasteiger partial charge in [-0.2, -0.15) is 0 Å². The van der Waals surface area contributed by atoms with E-state index in [4.69, 9.17) is 5.73 Å². The van der Waals surface area contributed by atoms with Gasteiger partial charge < -0.3 is 16.4 Å². The number of nitro benzene ring substituents is 1. The van der Waals surface area contributed by atoms with E-state index in [2.05, 4.69) is 10.6 Å². The van der Waals surface area contributed by atoms with Crippen molar-refractivity contribution in [1.82, 2.24) is 5.32 Å². The molecular weight excluding hydrogens is 264 g/mol. The number of primary amides is 1. The Hall–Kier alpha value is -2.64. The topological polar surface area (TPSA) is 127 Å². The lowest BCUT2D eigenvalue weighted by Gasteiger charge is -2.09. The van der Waals surface area contributed by atoms with Crippen molar-refractivity contribution in [2.45, 2.75) is 12.8 Å². The summed E-state index contributed by atoms with van der Waals surface area (Å²) in [7, 11) is 1.51. The highest BCUT2D eigenvalue weighted by molar-refractivity contribution is 6.01. The molecular formula is C12H16N4O4. The van der Waals surface area contributed by atoms with Crippen molar-refractivity contribution >= 4 is 23.2 Å². The molecule has 0 saturated heterocycles. The Labute approximate surface area is 115 Å². The Kier molecular flexibility index (Phi) is 5.45. The van der Waals surface area contributed by atoms with E-state index in [0.29, 0.717) is 6.42 Å². The smallest absolute Gasteiger partial charge is 0.293 e. The Balaban J connectivity index is 2.80. The van der Waals surface area contributed by atoms with Crippen LogP contribution < -0.4 is 16.4 Å². The van der Waals surface area contributed by atoms with Crippen molar-refractivity contribution in [3.63, 3.8) is 0 Å². The van der Waals surface area contributed by atoms with E-state index in [9.17, 15) is 19.7 Å². The molecule has 0 unspecified atom stereocenters. The third-order valence-corrected chi connectivity index (χ3v) is 2.62. The first-order valence-corrected chi connectivity index (χ1v) is 5.99. The Morgan fingerprint density at radius 3 is 2.65 bits per heavy atom. The molecule has 0 fully saturated rings. The molecule has 20 heavy (non-hydrogen) atoms. The molecule has 108 valence electrons. The zero-order valence-corrected chi connectivity index (χ0v) is 11.0. The predicted molar refractivity (Wildman–Crippen MR) is 73.4 cm³/mol. The fourth-order valence-electron chi connectivity index (χ4n) is 1.70. The molecule has 1 aromatic carbocycles. The molecule has 0 spiro atoms. The number of amides is 2. The average molecular weight is 280 g/mol.